The molecule has 76 valence electrons. The summed E-state index contributed by atoms with van der Waals surface area (Å²) in [5.41, 5.74) is 0.968. The van der Waals surface area contributed by atoms with Crippen LogP contribution in [0.2, 0.25) is 0 Å². The van der Waals surface area contributed by atoms with Crippen LogP contribution in [0.3, 0.4) is 0 Å². The third-order valence-corrected chi connectivity index (χ3v) is 2.17. The maximum Gasteiger partial charge on any atom is 0.126 e. The molecule has 1 N–H and O–H groups in total. The molecule has 0 radical (unpaired) electrons. The lowest BCUT2D eigenvalue weighted by Crippen LogP contribution is -1.93. The Labute approximate surface area is 92.3 Å². The topological polar surface area (TPSA) is 29.5 Å². The van der Waals surface area contributed by atoms with E-state index in [0.29, 0.717) is 6.61 Å². The zero-order chi connectivity index (χ0) is 10.4. The lowest BCUT2D eigenvalue weighted by molar-refractivity contribution is 0.339. The molecule has 2 nitrogen and oxygen atoms in total. The molecular formula is C11H13BrO2. The van der Waals surface area contributed by atoms with E-state index in [4.69, 9.17) is 9.84 Å². The lowest BCUT2D eigenvalue weighted by Gasteiger charge is -2.07. The Kier molecular flexibility index (Phi) is 4.70. The average molecular weight is 257 g/mol. The first-order valence-electron chi connectivity index (χ1n) is 4.47. The van der Waals surface area contributed by atoms with E-state index in [-0.39, 0.29) is 6.61 Å². The molecule has 14 heavy (non-hydrogen) atoms. The van der Waals surface area contributed by atoms with E-state index < -0.39 is 0 Å². The first kappa shape index (κ1) is 11.3. The number of aliphatic hydroxyl groups excluding tert-OH is 1. The molecule has 0 spiro atoms. The monoisotopic (exact) mass is 256 g/mol. The van der Waals surface area contributed by atoms with E-state index in [1.165, 1.54) is 0 Å². The Bertz CT molecular complexity index is 321. The van der Waals surface area contributed by atoms with Crippen LogP contribution in [-0.2, 0) is 0 Å². The molecule has 0 atom stereocenters. The van der Waals surface area contributed by atoms with Gasteiger partial charge in [0.05, 0.1) is 13.2 Å². The summed E-state index contributed by atoms with van der Waals surface area (Å²) in [6.45, 7) is 2.63. The zero-order valence-electron chi connectivity index (χ0n) is 8.03. The standard InChI is InChI=1S/C11H13BrO2/c1-2-14-11-6-5-10(12)8-9(11)4-3-7-13/h3-6,8,13H,2,7H2,1H3. The van der Waals surface area contributed by atoms with Crippen molar-refractivity contribution in [3.8, 4) is 5.75 Å². The van der Waals surface area contributed by atoms with Gasteiger partial charge in [0, 0.05) is 10.0 Å². The highest BCUT2D eigenvalue weighted by atomic mass is 79.9. The van der Waals surface area contributed by atoms with Crippen LogP contribution in [0.1, 0.15) is 12.5 Å². The summed E-state index contributed by atoms with van der Waals surface area (Å²) in [7, 11) is 0. The summed E-state index contributed by atoms with van der Waals surface area (Å²) in [5.74, 6) is 0.834. The Morgan fingerprint density at radius 3 is 2.93 bits per heavy atom. The van der Waals surface area contributed by atoms with Gasteiger partial charge in [-0.2, -0.15) is 0 Å². The Hall–Kier alpha value is -0.800. The second-order valence-electron chi connectivity index (χ2n) is 2.70. The van der Waals surface area contributed by atoms with Crippen molar-refractivity contribution in [2.24, 2.45) is 0 Å². The van der Waals surface area contributed by atoms with Crippen molar-refractivity contribution < 1.29 is 9.84 Å². The summed E-state index contributed by atoms with van der Waals surface area (Å²) in [6, 6.07) is 5.79. The van der Waals surface area contributed by atoms with Crippen molar-refractivity contribution in [3.63, 3.8) is 0 Å². The molecule has 0 saturated carbocycles. The number of hydrogen-bond donors (Lipinski definition) is 1. The van der Waals surface area contributed by atoms with Gasteiger partial charge < -0.3 is 9.84 Å². The molecule has 0 aliphatic carbocycles. The van der Waals surface area contributed by atoms with Gasteiger partial charge in [0.1, 0.15) is 5.75 Å². The number of benzene rings is 1. The smallest absolute Gasteiger partial charge is 0.126 e. The minimum absolute atomic E-state index is 0.0398. The molecule has 0 aliphatic heterocycles. The molecule has 0 heterocycles. The quantitative estimate of drug-likeness (QED) is 0.898. The van der Waals surface area contributed by atoms with Gasteiger partial charge in [-0.3, -0.25) is 0 Å². The largest absolute Gasteiger partial charge is 0.493 e. The van der Waals surface area contributed by atoms with Crippen molar-refractivity contribution in [3.05, 3.63) is 34.3 Å². The predicted octanol–water partition coefficient (Wildman–Crippen LogP) is 2.85. The maximum atomic E-state index is 8.68. The van der Waals surface area contributed by atoms with Gasteiger partial charge >= 0.3 is 0 Å². The third-order valence-electron chi connectivity index (χ3n) is 1.67. The minimum Gasteiger partial charge on any atom is -0.493 e. The fourth-order valence-corrected chi connectivity index (χ4v) is 1.49. The summed E-state index contributed by atoms with van der Waals surface area (Å²) in [4.78, 5) is 0. The van der Waals surface area contributed by atoms with Gasteiger partial charge in [0.2, 0.25) is 0 Å². The van der Waals surface area contributed by atoms with Gasteiger partial charge in [0.15, 0.2) is 0 Å². The average Bonchev–Trinajstić information content (AvgIpc) is 2.18. The van der Waals surface area contributed by atoms with E-state index in [0.717, 1.165) is 15.8 Å². The maximum absolute atomic E-state index is 8.68. The van der Waals surface area contributed by atoms with Crippen LogP contribution in [0.15, 0.2) is 28.7 Å². The van der Waals surface area contributed by atoms with Crippen LogP contribution < -0.4 is 4.74 Å². The normalized spacial score (nSPS) is 10.8. The molecule has 0 aromatic heterocycles. The van der Waals surface area contributed by atoms with Gasteiger partial charge in [-0.1, -0.05) is 28.1 Å². The summed E-state index contributed by atoms with van der Waals surface area (Å²) < 4.78 is 6.43. The predicted molar refractivity (Wildman–Crippen MR) is 61.4 cm³/mol. The van der Waals surface area contributed by atoms with Crippen LogP contribution in [0.5, 0.6) is 5.75 Å². The Morgan fingerprint density at radius 2 is 2.29 bits per heavy atom. The van der Waals surface area contributed by atoms with Crippen LogP contribution in [0, 0.1) is 0 Å². The Balaban J connectivity index is 2.96. The van der Waals surface area contributed by atoms with Gasteiger partial charge in [-0.25, -0.2) is 0 Å². The molecule has 0 unspecified atom stereocenters. The van der Waals surface area contributed by atoms with E-state index in [1.807, 2.05) is 31.2 Å². The molecule has 0 aliphatic rings. The number of halogens is 1. The van der Waals surface area contributed by atoms with Gasteiger partial charge in [0.25, 0.3) is 0 Å². The molecule has 0 amide bonds. The van der Waals surface area contributed by atoms with E-state index in [1.54, 1.807) is 6.08 Å². The van der Waals surface area contributed by atoms with Crippen molar-refractivity contribution >= 4 is 22.0 Å². The number of rotatable bonds is 4. The second kappa shape index (κ2) is 5.83. The van der Waals surface area contributed by atoms with E-state index >= 15 is 0 Å². The van der Waals surface area contributed by atoms with Crippen molar-refractivity contribution in [1.29, 1.82) is 0 Å². The molecule has 1 aromatic carbocycles. The molecule has 0 fully saturated rings. The SMILES string of the molecule is CCOc1ccc(Br)cc1C=CCO. The highest BCUT2D eigenvalue weighted by Crippen LogP contribution is 2.24. The molecule has 1 rings (SSSR count). The summed E-state index contributed by atoms with van der Waals surface area (Å²) in [5, 5.41) is 8.68. The third kappa shape index (κ3) is 3.16. The fraction of sp³-hybridized carbons (Fsp3) is 0.273. The van der Waals surface area contributed by atoms with Crippen molar-refractivity contribution in [2.75, 3.05) is 13.2 Å². The number of ether oxygens (including phenoxy) is 1. The first-order valence-corrected chi connectivity index (χ1v) is 5.27. The molecular weight excluding hydrogens is 244 g/mol. The highest BCUT2D eigenvalue weighted by molar-refractivity contribution is 9.10. The molecule has 0 bridgehead atoms. The van der Waals surface area contributed by atoms with Crippen molar-refractivity contribution in [2.45, 2.75) is 6.92 Å². The summed E-state index contributed by atoms with van der Waals surface area (Å²) in [6.07, 6.45) is 3.53. The van der Waals surface area contributed by atoms with Crippen LogP contribution in [0.25, 0.3) is 6.08 Å². The fourth-order valence-electron chi connectivity index (χ4n) is 1.12. The first-order chi connectivity index (χ1) is 6.77. The molecule has 0 saturated heterocycles. The lowest BCUT2D eigenvalue weighted by atomic mass is 10.2. The second-order valence-corrected chi connectivity index (χ2v) is 3.62. The van der Waals surface area contributed by atoms with Gasteiger partial charge in [-0.15, -0.1) is 0 Å². The minimum atomic E-state index is 0.0398. The highest BCUT2D eigenvalue weighted by Gasteiger charge is 2.00. The molecule has 3 heteroatoms. The number of aliphatic hydroxyl groups is 1. The van der Waals surface area contributed by atoms with E-state index in [9.17, 15) is 0 Å². The molecule has 1 aromatic rings. The zero-order valence-corrected chi connectivity index (χ0v) is 9.62. The summed E-state index contributed by atoms with van der Waals surface area (Å²) >= 11 is 3.39. The number of hydrogen-bond acceptors (Lipinski definition) is 2. The van der Waals surface area contributed by atoms with Crippen LogP contribution in [0.4, 0.5) is 0 Å². The van der Waals surface area contributed by atoms with E-state index in [2.05, 4.69) is 15.9 Å². The Morgan fingerprint density at radius 1 is 1.50 bits per heavy atom. The van der Waals surface area contributed by atoms with Crippen LogP contribution in [-0.4, -0.2) is 18.3 Å². The van der Waals surface area contributed by atoms with Crippen molar-refractivity contribution in [1.82, 2.24) is 0 Å². The van der Waals surface area contributed by atoms with Crippen LogP contribution >= 0.6 is 15.9 Å². The van der Waals surface area contributed by atoms with Gasteiger partial charge in [-0.05, 0) is 25.1 Å².